The summed E-state index contributed by atoms with van der Waals surface area (Å²) in [4.78, 5) is 21.8. The van der Waals surface area contributed by atoms with Crippen LogP contribution in [-0.4, -0.2) is 36.3 Å². The van der Waals surface area contributed by atoms with Crippen LogP contribution in [0.2, 0.25) is 0 Å². The summed E-state index contributed by atoms with van der Waals surface area (Å²) in [6, 6.07) is 14.2. The summed E-state index contributed by atoms with van der Waals surface area (Å²) in [5.74, 6) is -0.406. The van der Waals surface area contributed by atoms with Crippen LogP contribution in [0.4, 0.5) is 15.8 Å². The van der Waals surface area contributed by atoms with Crippen molar-refractivity contribution in [3.8, 4) is 0 Å². The predicted molar refractivity (Wildman–Crippen MR) is 106 cm³/mol. The molecule has 1 aliphatic carbocycles. The van der Waals surface area contributed by atoms with Gasteiger partial charge >= 0.3 is 0 Å². The van der Waals surface area contributed by atoms with Gasteiger partial charge in [-0.25, -0.2) is 9.38 Å². The molecule has 0 unspecified atom stereocenters. The largest absolute Gasteiger partial charge is 0.293 e. The van der Waals surface area contributed by atoms with Gasteiger partial charge in [-0.15, -0.1) is 0 Å². The summed E-state index contributed by atoms with van der Waals surface area (Å²) in [5, 5.41) is 0. The van der Waals surface area contributed by atoms with Gasteiger partial charge in [-0.1, -0.05) is 37.5 Å². The highest BCUT2D eigenvalue weighted by molar-refractivity contribution is 6.54. The number of anilines is 1. The highest BCUT2D eigenvalue weighted by Gasteiger charge is 2.35. The first-order chi connectivity index (χ1) is 13.1. The van der Waals surface area contributed by atoms with Crippen molar-refractivity contribution in [2.24, 2.45) is 4.99 Å². The Hall–Kier alpha value is -2.53. The maximum atomic E-state index is 13.2. The van der Waals surface area contributed by atoms with Crippen LogP contribution >= 0.6 is 0 Å². The van der Waals surface area contributed by atoms with E-state index in [9.17, 15) is 9.18 Å². The summed E-state index contributed by atoms with van der Waals surface area (Å²) in [7, 11) is 2.10. The van der Waals surface area contributed by atoms with Crippen LogP contribution in [0.1, 0.15) is 37.7 Å². The molecule has 0 N–H and O–H groups in total. The zero-order chi connectivity index (χ0) is 18.8. The number of halogens is 1. The van der Waals surface area contributed by atoms with Crippen molar-refractivity contribution in [3.05, 3.63) is 59.9 Å². The van der Waals surface area contributed by atoms with Crippen molar-refractivity contribution in [2.75, 3.05) is 18.6 Å². The first kappa shape index (κ1) is 17.9. The lowest BCUT2D eigenvalue weighted by atomic mass is 9.95. The van der Waals surface area contributed by atoms with Crippen molar-refractivity contribution in [2.45, 2.75) is 38.1 Å². The molecule has 27 heavy (non-hydrogen) atoms. The highest BCUT2D eigenvalue weighted by Crippen LogP contribution is 2.32. The Labute approximate surface area is 159 Å². The zero-order valence-electron chi connectivity index (χ0n) is 15.6. The van der Waals surface area contributed by atoms with E-state index < -0.39 is 0 Å². The molecular weight excluding hydrogens is 341 g/mol. The molecule has 0 spiro atoms. The molecule has 0 atom stereocenters. The third kappa shape index (κ3) is 3.65. The number of para-hydroxylation sites is 1. The monoisotopic (exact) mass is 365 g/mol. The normalized spacial score (nSPS) is 19.1. The van der Waals surface area contributed by atoms with Crippen LogP contribution in [0, 0.1) is 5.82 Å². The number of nitrogens with zero attached hydrogens (tertiary/aromatic N) is 3. The minimum atomic E-state index is -0.312. The summed E-state index contributed by atoms with van der Waals surface area (Å²) in [6.45, 7) is 0.558. The van der Waals surface area contributed by atoms with E-state index in [0.29, 0.717) is 24.1 Å². The van der Waals surface area contributed by atoms with Crippen molar-refractivity contribution in [3.63, 3.8) is 0 Å². The molecule has 5 heteroatoms. The number of benzene rings is 2. The molecule has 4 rings (SSSR count). The molecule has 2 aromatic rings. The topological polar surface area (TPSA) is 35.9 Å². The Morgan fingerprint density at radius 2 is 1.78 bits per heavy atom. The van der Waals surface area contributed by atoms with Crippen LogP contribution in [0.25, 0.3) is 0 Å². The fourth-order valence-electron chi connectivity index (χ4n) is 4.02. The molecule has 1 aliphatic heterocycles. The van der Waals surface area contributed by atoms with Crippen LogP contribution in [0.15, 0.2) is 53.5 Å². The molecule has 2 aliphatic rings. The van der Waals surface area contributed by atoms with E-state index in [0.717, 1.165) is 11.3 Å². The summed E-state index contributed by atoms with van der Waals surface area (Å²) >= 11 is 0. The van der Waals surface area contributed by atoms with Gasteiger partial charge in [0.15, 0.2) is 0 Å². The van der Waals surface area contributed by atoms with Crippen molar-refractivity contribution in [1.82, 2.24) is 4.90 Å². The number of hydrogen-bond acceptors (Lipinski definition) is 3. The molecule has 140 valence electrons. The molecule has 1 fully saturated rings. The quantitative estimate of drug-likeness (QED) is 0.799. The van der Waals surface area contributed by atoms with Crippen LogP contribution < -0.4 is 4.90 Å². The molecule has 0 saturated heterocycles. The van der Waals surface area contributed by atoms with Gasteiger partial charge in [-0.3, -0.25) is 14.6 Å². The van der Waals surface area contributed by atoms with Crippen LogP contribution in [0.5, 0.6) is 0 Å². The molecule has 0 radical (unpaired) electrons. The fraction of sp³-hybridized carbons (Fsp3) is 0.364. The second-order valence-corrected chi connectivity index (χ2v) is 7.38. The number of carbonyl (C=O) groups is 1. The molecule has 1 amide bonds. The molecule has 4 nitrogen and oxygen atoms in total. The molecule has 0 aromatic heterocycles. The average Bonchev–Trinajstić information content (AvgIpc) is 2.96. The molecular formula is C22H24FN3O. The standard InChI is InChI=1S/C22H24FN3O/c1-25(18-7-3-2-4-8-18)15-26-20-10-6-5-9-19(20)21(22(26)27)24-17-13-11-16(23)12-14-17/h5-6,9-14,18H,2-4,7-8,15H2,1H3. The number of aliphatic imine (C=N–C) groups is 1. The second kappa shape index (κ2) is 7.61. The van der Waals surface area contributed by atoms with Crippen molar-refractivity contribution >= 4 is 23.0 Å². The Balaban J connectivity index is 1.62. The molecule has 2 aromatic carbocycles. The van der Waals surface area contributed by atoms with E-state index in [1.165, 1.54) is 44.2 Å². The van der Waals surface area contributed by atoms with Crippen molar-refractivity contribution in [1.29, 1.82) is 0 Å². The Morgan fingerprint density at radius 1 is 1.07 bits per heavy atom. The van der Waals surface area contributed by atoms with E-state index in [-0.39, 0.29) is 11.7 Å². The van der Waals surface area contributed by atoms with Gasteiger partial charge in [0, 0.05) is 11.6 Å². The first-order valence-electron chi connectivity index (χ1n) is 9.59. The van der Waals surface area contributed by atoms with Gasteiger partial charge in [-0.05, 0) is 50.2 Å². The smallest absolute Gasteiger partial charge is 0.278 e. The predicted octanol–water partition coefficient (Wildman–Crippen LogP) is 4.52. The molecule has 1 saturated carbocycles. The Kier molecular flexibility index (Phi) is 5.03. The number of hydrogen-bond donors (Lipinski definition) is 0. The third-order valence-electron chi connectivity index (χ3n) is 5.53. The van der Waals surface area contributed by atoms with E-state index in [4.69, 9.17) is 0 Å². The average molecular weight is 365 g/mol. The first-order valence-corrected chi connectivity index (χ1v) is 9.59. The van der Waals surface area contributed by atoms with E-state index in [1.807, 2.05) is 29.2 Å². The van der Waals surface area contributed by atoms with Crippen LogP contribution in [-0.2, 0) is 4.79 Å². The molecule has 1 heterocycles. The van der Waals surface area contributed by atoms with E-state index >= 15 is 0 Å². The summed E-state index contributed by atoms with van der Waals surface area (Å²) in [6.07, 6.45) is 6.21. The number of rotatable bonds is 4. The Bertz CT molecular complexity index is 856. The minimum absolute atomic E-state index is 0.0943. The summed E-state index contributed by atoms with van der Waals surface area (Å²) in [5.41, 5.74) is 2.74. The molecule has 0 bridgehead atoms. The maximum Gasteiger partial charge on any atom is 0.278 e. The van der Waals surface area contributed by atoms with Gasteiger partial charge in [0.25, 0.3) is 5.91 Å². The lowest BCUT2D eigenvalue weighted by molar-refractivity contribution is -0.112. The Morgan fingerprint density at radius 3 is 2.52 bits per heavy atom. The minimum Gasteiger partial charge on any atom is -0.293 e. The van der Waals surface area contributed by atoms with E-state index in [2.05, 4.69) is 16.9 Å². The van der Waals surface area contributed by atoms with Gasteiger partial charge in [0.2, 0.25) is 0 Å². The lowest BCUT2D eigenvalue weighted by Crippen LogP contribution is -2.44. The SMILES string of the molecule is CN(CN1C(=O)C(=Nc2ccc(F)cc2)c2ccccc21)C1CCCCC1. The number of amides is 1. The van der Waals surface area contributed by atoms with Crippen molar-refractivity contribution < 1.29 is 9.18 Å². The van der Waals surface area contributed by atoms with Gasteiger partial charge in [0.1, 0.15) is 11.5 Å². The fourth-order valence-corrected chi connectivity index (χ4v) is 4.02. The maximum absolute atomic E-state index is 13.2. The van der Waals surface area contributed by atoms with E-state index in [1.54, 1.807) is 12.1 Å². The second-order valence-electron chi connectivity index (χ2n) is 7.38. The number of carbonyl (C=O) groups excluding carboxylic acids is 1. The van der Waals surface area contributed by atoms with Gasteiger partial charge in [0.05, 0.1) is 18.0 Å². The third-order valence-corrected chi connectivity index (χ3v) is 5.53. The van der Waals surface area contributed by atoms with Gasteiger partial charge in [-0.2, -0.15) is 0 Å². The van der Waals surface area contributed by atoms with Gasteiger partial charge < -0.3 is 0 Å². The zero-order valence-corrected chi connectivity index (χ0v) is 15.6. The highest BCUT2D eigenvalue weighted by atomic mass is 19.1. The number of fused-ring (bicyclic) bond motifs is 1. The van der Waals surface area contributed by atoms with Crippen LogP contribution in [0.3, 0.4) is 0 Å². The summed E-state index contributed by atoms with van der Waals surface area (Å²) < 4.78 is 13.2. The lowest BCUT2D eigenvalue weighted by Gasteiger charge is -2.34.